The Morgan fingerprint density at radius 2 is 1.44 bits per heavy atom. The van der Waals surface area contributed by atoms with Gasteiger partial charge in [0, 0.05) is 33.4 Å². The van der Waals surface area contributed by atoms with Crippen LogP contribution in [-0.4, -0.2) is 154 Å². The quantitative estimate of drug-likeness (QED) is 0.0920. The van der Waals surface area contributed by atoms with Crippen molar-refractivity contribution in [2.45, 2.75) is 122 Å². The first-order valence-electron chi connectivity index (χ1n) is 21.8. The van der Waals surface area contributed by atoms with Gasteiger partial charge in [0.1, 0.15) is 54.2 Å². The molecule has 20 nitrogen and oxygen atoms in total. The number of piperidine rings is 1. The third-order valence-electron chi connectivity index (χ3n) is 11.6. The fraction of sp³-hybridized carbons (Fsp3) is 0.522. The van der Waals surface area contributed by atoms with E-state index in [1.54, 1.807) is 88.4 Å². The smallest absolute Gasteiger partial charge is 0.329 e. The van der Waals surface area contributed by atoms with Crippen molar-refractivity contribution >= 4 is 47.3 Å². The lowest BCUT2D eigenvalue weighted by molar-refractivity contribution is -0.178. The van der Waals surface area contributed by atoms with E-state index in [4.69, 9.17) is 9.47 Å². The van der Waals surface area contributed by atoms with Crippen molar-refractivity contribution in [2.75, 3.05) is 20.8 Å². The maximum Gasteiger partial charge on any atom is 0.329 e. The number of cyclic esters (lactones) is 1. The Bertz CT molecular complexity index is 2080. The van der Waals surface area contributed by atoms with Crippen LogP contribution < -0.4 is 26.6 Å². The molecule has 10 unspecified atom stereocenters. The van der Waals surface area contributed by atoms with Crippen molar-refractivity contribution < 1.29 is 63.1 Å². The van der Waals surface area contributed by atoms with Crippen molar-refractivity contribution in [3.05, 3.63) is 83.6 Å². The second-order valence-corrected chi connectivity index (χ2v) is 17.0. The Hall–Kier alpha value is -6.22. The van der Waals surface area contributed by atoms with E-state index in [2.05, 4.69) is 26.6 Å². The van der Waals surface area contributed by atoms with Crippen LogP contribution in [-0.2, 0) is 60.7 Å². The molecule has 4 rings (SSSR count). The van der Waals surface area contributed by atoms with Gasteiger partial charge in [0.05, 0.1) is 6.61 Å². The number of nitrogens with one attached hydrogen (secondary N) is 5. The first-order chi connectivity index (χ1) is 31.2. The molecule has 8 N–H and O–H groups in total. The Kier molecular flexibility index (Phi) is 18.9. The topological polar surface area (TPSA) is 282 Å². The average molecular weight is 922 g/mol. The average Bonchev–Trinajstić information content (AvgIpc) is 3.28. The van der Waals surface area contributed by atoms with Crippen LogP contribution in [0.2, 0.25) is 0 Å². The summed E-state index contributed by atoms with van der Waals surface area (Å²) in [7, 11) is 2.53. The number of esters is 1. The van der Waals surface area contributed by atoms with E-state index < -0.39 is 139 Å². The van der Waals surface area contributed by atoms with Gasteiger partial charge in [-0.15, -0.1) is 0 Å². The highest BCUT2D eigenvalue weighted by Gasteiger charge is 2.48. The van der Waals surface area contributed by atoms with Crippen LogP contribution in [0.5, 0.6) is 0 Å². The van der Waals surface area contributed by atoms with Gasteiger partial charge >= 0.3 is 5.97 Å². The Labute approximate surface area is 383 Å². The third-order valence-corrected chi connectivity index (χ3v) is 11.6. The minimum atomic E-state index is -1.94. The zero-order chi connectivity index (χ0) is 49.0. The number of allylic oxidation sites excluding steroid dienone is 1. The maximum absolute atomic E-state index is 14.9. The summed E-state index contributed by atoms with van der Waals surface area (Å²) >= 11 is 0. The third kappa shape index (κ3) is 13.0. The predicted molar refractivity (Wildman–Crippen MR) is 237 cm³/mol. The Balaban J connectivity index is 1.86. The highest BCUT2D eigenvalue weighted by Crippen LogP contribution is 2.26. The van der Waals surface area contributed by atoms with E-state index in [1.807, 2.05) is 0 Å². The molecule has 2 heterocycles. The summed E-state index contributed by atoms with van der Waals surface area (Å²) in [6, 6.07) is 8.25. The van der Waals surface area contributed by atoms with Crippen LogP contribution in [0.3, 0.4) is 0 Å². The number of methoxy groups -OCH3 is 1. The number of nitrogens with zero attached hydrogens (tertiary/aromatic N) is 2. The summed E-state index contributed by atoms with van der Waals surface area (Å²) in [4.78, 5) is 115. The lowest BCUT2D eigenvalue weighted by Gasteiger charge is -2.44. The molecule has 2 aromatic carbocycles. The molecule has 0 aromatic heterocycles. The summed E-state index contributed by atoms with van der Waals surface area (Å²) in [6.45, 7) is 8.41. The number of ether oxygens (including phenoxy) is 2. The standard InChI is InChI=1S/C46H63N7O13/c1-9-29-38(56)48-30-22-33(55)45(63)53(43(30)61)32(21-28-18-14-11-15-19-28)44(62)52(7)31(20-27-16-12-10-13-17-27)39(57)50-36(25(4)5)46(64)66-26(6)37(42(60)47-29)51-41(59)35(24(2)3)49-40(58)34(23-54)65-8/h9-19,24-26,30-37,45,54-55,63H,20-23H2,1-8H3,(H,47,60)(H,48,56)(H,49,58)(H,50,57)(H,51,59)/b29-9-. The zero-order valence-electron chi connectivity index (χ0n) is 38.4. The monoisotopic (exact) mass is 921 g/mol. The van der Waals surface area contributed by atoms with Crippen LogP contribution in [0.4, 0.5) is 0 Å². The van der Waals surface area contributed by atoms with Gasteiger partial charge < -0.3 is 61.2 Å². The molecule has 2 aliphatic heterocycles. The molecular weight excluding hydrogens is 859 g/mol. The van der Waals surface area contributed by atoms with Crippen molar-refractivity contribution in [1.29, 1.82) is 0 Å². The number of carbonyl (C=O) groups excluding carboxylic acids is 8. The molecule has 360 valence electrons. The number of likely N-dealkylation sites (N-methyl/N-ethyl adjacent to an activating group) is 1. The molecule has 2 aromatic rings. The molecule has 2 saturated heterocycles. The fourth-order valence-corrected chi connectivity index (χ4v) is 7.65. The molecule has 0 spiro atoms. The molecule has 0 aliphatic carbocycles. The Morgan fingerprint density at radius 1 is 0.864 bits per heavy atom. The largest absolute Gasteiger partial charge is 0.458 e. The molecular formula is C46H63N7O13. The molecule has 2 fully saturated rings. The zero-order valence-corrected chi connectivity index (χ0v) is 38.4. The maximum atomic E-state index is 14.9. The van der Waals surface area contributed by atoms with Crippen molar-refractivity contribution in [1.82, 2.24) is 36.4 Å². The number of hydrogen-bond donors (Lipinski definition) is 8. The van der Waals surface area contributed by atoms with Gasteiger partial charge in [-0.1, -0.05) is 94.4 Å². The van der Waals surface area contributed by atoms with Crippen LogP contribution in [0.15, 0.2) is 72.4 Å². The van der Waals surface area contributed by atoms with Gasteiger partial charge in [0.2, 0.25) is 23.6 Å². The molecule has 7 amide bonds. The van der Waals surface area contributed by atoms with E-state index in [-0.39, 0.29) is 12.8 Å². The lowest BCUT2D eigenvalue weighted by atomic mass is 9.94. The van der Waals surface area contributed by atoms with Crippen LogP contribution in [0.1, 0.15) is 59.1 Å². The lowest BCUT2D eigenvalue weighted by Crippen LogP contribution is -2.67. The molecule has 2 aliphatic rings. The molecule has 20 heteroatoms. The summed E-state index contributed by atoms with van der Waals surface area (Å²) in [6.07, 6.45) is -6.07. The second kappa shape index (κ2) is 23.8. The van der Waals surface area contributed by atoms with Gasteiger partial charge in [-0.3, -0.25) is 33.6 Å². The first-order valence-corrected chi connectivity index (χ1v) is 21.8. The SMILES string of the molecule is C/C=C1\NC(=O)C(NC(=O)C(NC(=O)C(CO)OC)C(C)C)C(C)OC(=O)C(C(C)C)NC(=O)C(Cc2ccccc2)N(C)C(=O)C(Cc2ccccc2)N2C(=O)C(CC(O)C2O)NC1=O. The van der Waals surface area contributed by atoms with E-state index in [1.165, 1.54) is 34.1 Å². The summed E-state index contributed by atoms with van der Waals surface area (Å²) in [5.41, 5.74) is 0.730. The molecule has 10 atom stereocenters. The van der Waals surface area contributed by atoms with Crippen LogP contribution in [0.25, 0.3) is 0 Å². The molecule has 2 bridgehead atoms. The number of hydrogen-bond acceptors (Lipinski definition) is 13. The highest BCUT2D eigenvalue weighted by molar-refractivity contribution is 6.02. The van der Waals surface area contributed by atoms with Crippen LogP contribution in [0, 0.1) is 11.8 Å². The number of rotatable bonds is 12. The minimum absolute atomic E-state index is 0.0849. The highest BCUT2D eigenvalue weighted by atomic mass is 16.5. The van der Waals surface area contributed by atoms with Crippen LogP contribution >= 0.6 is 0 Å². The molecule has 0 radical (unpaired) electrons. The van der Waals surface area contributed by atoms with Gasteiger partial charge in [0.25, 0.3) is 17.7 Å². The number of aliphatic hydroxyl groups excluding tert-OH is 3. The van der Waals surface area contributed by atoms with Gasteiger partial charge in [-0.05, 0) is 36.8 Å². The van der Waals surface area contributed by atoms with Gasteiger partial charge in [0.15, 0.2) is 12.3 Å². The van der Waals surface area contributed by atoms with Crippen molar-refractivity contribution in [2.24, 2.45) is 11.8 Å². The Morgan fingerprint density at radius 3 is 1.95 bits per heavy atom. The number of aliphatic hydroxyl groups is 3. The van der Waals surface area contributed by atoms with Gasteiger partial charge in [-0.2, -0.15) is 0 Å². The van der Waals surface area contributed by atoms with E-state index in [9.17, 15) is 53.7 Å². The summed E-state index contributed by atoms with van der Waals surface area (Å²) < 4.78 is 10.8. The summed E-state index contributed by atoms with van der Waals surface area (Å²) in [5, 5.41) is 44.9. The van der Waals surface area contributed by atoms with E-state index >= 15 is 0 Å². The van der Waals surface area contributed by atoms with E-state index in [0.717, 1.165) is 9.80 Å². The minimum Gasteiger partial charge on any atom is -0.458 e. The fourth-order valence-electron chi connectivity index (χ4n) is 7.65. The first kappa shape index (κ1) is 52.4. The number of fused-ring (bicyclic) bond motifs is 2. The summed E-state index contributed by atoms with van der Waals surface area (Å²) in [5.74, 6) is -8.75. The normalized spacial score (nSPS) is 26.6. The molecule has 66 heavy (non-hydrogen) atoms. The van der Waals surface area contributed by atoms with E-state index in [0.29, 0.717) is 11.1 Å². The van der Waals surface area contributed by atoms with Gasteiger partial charge in [-0.25, -0.2) is 4.79 Å². The van der Waals surface area contributed by atoms with Crippen molar-refractivity contribution in [3.8, 4) is 0 Å². The second-order valence-electron chi connectivity index (χ2n) is 17.0. The number of benzene rings is 2. The number of carbonyl (C=O) groups is 8. The predicted octanol–water partition coefficient (Wildman–Crippen LogP) is -1.20. The number of amides is 7. The van der Waals surface area contributed by atoms with Crippen molar-refractivity contribution in [3.63, 3.8) is 0 Å². The molecule has 0 saturated carbocycles.